The van der Waals surface area contributed by atoms with Gasteiger partial charge >= 0.3 is 5.97 Å². The lowest BCUT2D eigenvalue weighted by molar-refractivity contribution is -0.144. The van der Waals surface area contributed by atoms with Crippen molar-refractivity contribution in [3.05, 3.63) is 33.8 Å². The van der Waals surface area contributed by atoms with Gasteiger partial charge in [-0.05, 0) is 56.2 Å². The van der Waals surface area contributed by atoms with Crippen molar-refractivity contribution in [1.82, 2.24) is 5.32 Å². The first-order chi connectivity index (χ1) is 11.0. The van der Waals surface area contributed by atoms with Gasteiger partial charge < -0.3 is 10.4 Å². The van der Waals surface area contributed by atoms with Gasteiger partial charge in [0.05, 0.1) is 5.92 Å². The third-order valence-corrected chi connectivity index (χ3v) is 4.97. The number of rotatable bonds is 6. The molecule has 0 spiro atoms. The Balaban J connectivity index is 1.68. The number of aryl methyl sites for hydroxylation is 1. The normalized spacial score (nSPS) is 21.0. The summed E-state index contributed by atoms with van der Waals surface area (Å²) >= 11 is 12.0. The molecule has 0 saturated heterocycles. The topological polar surface area (TPSA) is 66.4 Å². The van der Waals surface area contributed by atoms with Crippen LogP contribution in [0.2, 0.25) is 10.0 Å². The quantitative estimate of drug-likeness (QED) is 0.757. The van der Waals surface area contributed by atoms with E-state index in [-0.39, 0.29) is 17.7 Å². The summed E-state index contributed by atoms with van der Waals surface area (Å²) in [6, 6.07) is 5.43. The van der Waals surface area contributed by atoms with E-state index < -0.39 is 5.97 Å². The Morgan fingerprint density at radius 1 is 1.13 bits per heavy atom. The minimum Gasteiger partial charge on any atom is -0.481 e. The molecule has 126 valence electrons. The van der Waals surface area contributed by atoms with E-state index >= 15 is 0 Å². The first kappa shape index (κ1) is 18.1. The highest BCUT2D eigenvalue weighted by Crippen LogP contribution is 2.29. The zero-order valence-electron chi connectivity index (χ0n) is 12.9. The molecule has 0 bridgehead atoms. The van der Waals surface area contributed by atoms with Crippen molar-refractivity contribution in [3.8, 4) is 0 Å². The predicted molar refractivity (Wildman–Crippen MR) is 90.9 cm³/mol. The monoisotopic (exact) mass is 357 g/mol. The summed E-state index contributed by atoms with van der Waals surface area (Å²) in [4.78, 5) is 23.0. The molecule has 0 unspecified atom stereocenters. The number of benzene rings is 1. The Morgan fingerprint density at radius 2 is 1.78 bits per heavy atom. The lowest BCUT2D eigenvalue weighted by Crippen LogP contribution is -2.35. The molecule has 2 N–H and O–H groups in total. The van der Waals surface area contributed by atoms with Crippen molar-refractivity contribution in [2.45, 2.75) is 38.5 Å². The van der Waals surface area contributed by atoms with E-state index in [1.807, 2.05) is 12.1 Å². The highest BCUT2D eigenvalue weighted by Gasteiger charge is 2.29. The van der Waals surface area contributed by atoms with E-state index in [1.165, 1.54) is 0 Å². The highest BCUT2D eigenvalue weighted by atomic mass is 35.5. The Labute approximate surface area is 146 Å². The second kappa shape index (κ2) is 8.55. The van der Waals surface area contributed by atoms with Gasteiger partial charge in [0, 0.05) is 22.5 Å². The van der Waals surface area contributed by atoms with Gasteiger partial charge in [-0.15, -0.1) is 0 Å². The number of amides is 1. The van der Waals surface area contributed by atoms with E-state index in [9.17, 15) is 9.59 Å². The maximum absolute atomic E-state index is 12.1. The van der Waals surface area contributed by atoms with Gasteiger partial charge in [0.25, 0.3) is 0 Å². The third-order valence-electron chi connectivity index (χ3n) is 4.38. The van der Waals surface area contributed by atoms with Crippen LogP contribution in [0.4, 0.5) is 0 Å². The molecule has 6 heteroatoms. The van der Waals surface area contributed by atoms with Crippen LogP contribution < -0.4 is 5.32 Å². The summed E-state index contributed by atoms with van der Waals surface area (Å²) in [6.45, 7) is 0.594. The molecule has 0 heterocycles. The molecule has 1 aliphatic rings. The zero-order chi connectivity index (χ0) is 16.8. The summed E-state index contributed by atoms with van der Waals surface area (Å²) in [5, 5.41) is 13.2. The molecule has 1 fully saturated rings. The number of carboxylic acids is 1. The Hall–Kier alpha value is -1.26. The summed E-state index contributed by atoms with van der Waals surface area (Å²) in [6.07, 6.45) is 4.08. The molecule has 0 aromatic heterocycles. The largest absolute Gasteiger partial charge is 0.481 e. The fourth-order valence-corrected chi connectivity index (χ4v) is 3.46. The number of carboxylic acid groups (broad SMARTS) is 1. The van der Waals surface area contributed by atoms with Gasteiger partial charge in [-0.1, -0.05) is 29.3 Å². The summed E-state index contributed by atoms with van der Waals surface area (Å²) in [5.41, 5.74) is 1.02. The van der Waals surface area contributed by atoms with Crippen LogP contribution in [0.1, 0.15) is 37.7 Å². The number of halogens is 2. The van der Waals surface area contributed by atoms with Gasteiger partial charge in [-0.2, -0.15) is 0 Å². The van der Waals surface area contributed by atoms with Crippen molar-refractivity contribution in [2.75, 3.05) is 6.54 Å². The molecule has 1 aliphatic carbocycles. The molecular weight excluding hydrogens is 337 g/mol. The fourth-order valence-electron chi connectivity index (χ4n) is 2.96. The molecule has 4 nitrogen and oxygen atoms in total. The lowest BCUT2D eigenvalue weighted by Gasteiger charge is -2.25. The maximum atomic E-state index is 12.1. The molecule has 0 radical (unpaired) electrons. The number of carbonyl (C=O) groups excluding carboxylic acids is 1. The van der Waals surface area contributed by atoms with Gasteiger partial charge in [0.2, 0.25) is 5.91 Å². The molecule has 0 aliphatic heterocycles. The van der Waals surface area contributed by atoms with Gasteiger partial charge in [-0.25, -0.2) is 0 Å². The van der Waals surface area contributed by atoms with Crippen molar-refractivity contribution in [3.63, 3.8) is 0 Å². The molecule has 1 aromatic rings. The van der Waals surface area contributed by atoms with Crippen LogP contribution in [0.3, 0.4) is 0 Å². The lowest BCUT2D eigenvalue weighted by atomic mass is 9.81. The number of aliphatic carboxylic acids is 1. The molecule has 23 heavy (non-hydrogen) atoms. The molecule has 1 saturated carbocycles. The van der Waals surface area contributed by atoms with Crippen molar-refractivity contribution >= 4 is 35.1 Å². The minimum absolute atomic E-state index is 0.0380. The smallest absolute Gasteiger partial charge is 0.306 e. The summed E-state index contributed by atoms with van der Waals surface area (Å²) in [5.74, 6) is -1.05. The minimum atomic E-state index is -0.747. The first-order valence-corrected chi connectivity index (χ1v) is 8.67. The maximum Gasteiger partial charge on any atom is 0.306 e. The van der Waals surface area contributed by atoms with E-state index in [2.05, 4.69) is 5.32 Å². The number of carbonyl (C=O) groups is 2. The first-order valence-electron chi connectivity index (χ1n) is 7.92. The van der Waals surface area contributed by atoms with Gasteiger partial charge in [-0.3, -0.25) is 9.59 Å². The molecule has 1 amide bonds. The van der Waals surface area contributed by atoms with Crippen LogP contribution in [0.15, 0.2) is 18.2 Å². The second-order valence-corrected chi connectivity index (χ2v) is 6.86. The van der Waals surface area contributed by atoms with Gasteiger partial charge in [0.15, 0.2) is 0 Å². The Morgan fingerprint density at radius 3 is 2.39 bits per heavy atom. The highest BCUT2D eigenvalue weighted by molar-refractivity contribution is 6.35. The average Bonchev–Trinajstić information content (AvgIpc) is 2.53. The molecule has 0 atom stereocenters. The molecular formula is C17H21Cl2NO3. The summed E-state index contributed by atoms with van der Waals surface area (Å²) < 4.78 is 0. The van der Waals surface area contributed by atoms with Crippen molar-refractivity contribution in [1.29, 1.82) is 0 Å². The molecule has 1 aromatic carbocycles. The predicted octanol–water partition coefficient (Wildman–Crippen LogP) is 3.93. The van der Waals surface area contributed by atoms with Gasteiger partial charge in [0.1, 0.15) is 0 Å². The van der Waals surface area contributed by atoms with Crippen LogP contribution in [0.5, 0.6) is 0 Å². The molecule has 2 rings (SSSR count). The number of nitrogens with one attached hydrogen (secondary N) is 1. The van der Waals surface area contributed by atoms with Crippen LogP contribution in [-0.2, 0) is 16.0 Å². The SMILES string of the molecule is O=C(O)C1CCC(C(=O)NCCCc2ccc(Cl)cc2Cl)CC1. The second-order valence-electron chi connectivity index (χ2n) is 6.02. The van der Waals surface area contributed by atoms with Crippen LogP contribution in [-0.4, -0.2) is 23.5 Å². The zero-order valence-corrected chi connectivity index (χ0v) is 14.4. The van der Waals surface area contributed by atoms with E-state index in [4.69, 9.17) is 28.3 Å². The van der Waals surface area contributed by atoms with E-state index in [0.29, 0.717) is 42.3 Å². The van der Waals surface area contributed by atoms with Crippen LogP contribution in [0, 0.1) is 11.8 Å². The summed E-state index contributed by atoms with van der Waals surface area (Å²) in [7, 11) is 0. The van der Waals surface area contributed by atoms with E-state index in [0.717, 1.165) is 18.4 Å². The Bertz CT molecular complexity index is 569. The van der Waals surface area contributed by atoms with E-state index in [1.54, 1.807) is 6.07 Å². The van der Waals surface area contributed by atoms with Crippen LogP contribution >= 0.6 is 23.2 Å². The standard InChI is InChI=1S/C17H21Cl2NO3/c18-14-8-7-11(15(19)10-14)2-1-9-20-16(21)12-3-5-13(6-4-12)17(22)23/h7-8,10,12-13H,1-6,9H2,(H,20,21)(H,22,23). The van der Waals surface area contributed by atoms with Crippen molar-refractivity contribution < 1.29 is 14.7 Å². The van der Waals surface area contributed by atoms with Crippen LogP contribution in [0.25, 0.3) is 0 Å². The number of hydrogen-bond donors (Lipinski definition) is 2. The Kier molecular flexibility index (Phi) is 6.72. The fraction of sp³-hybridized carbons (Fsp3) is 0.529. The van der Waals surface area contributed by atoms with Crippen molar-refractivity contribution in [2.24, 2.45) is 11.8 Å². The number of hydrogen-bond acceptors (Lipinski definition) is 2. The third kappa shape index (κ3) is 5.40. The average molecular weight is 358 g/mol.